The van der Waals surface area contributed by atoms with Crippen molar-refractivity contribution in [2.45, 2.75) is 13.0 Å². The van der Waals surface area contributed by atoms with Crippen LogP contribution in [-0.2, 0) is 6.54 Å². The Hall–Kier alpha value is -2.56. The molecule has 1 heterocycles. The number of halogens is 2. The van der Waals surface area contributed by atoms with Gasteiger partial charge >= 0.3 is 0 Å². The minimum atomic E-state index is -0.202. The second-order valence-electron chi connectivity index (χ2n) is 7.97. The van der Waals surface area contributed by atoms with E-state index in [-0.39, 0.29) is 5.82 Å². The zero-order valence-corrected chi connectivity index (χ0v) is 17.9. The molecule has 0 spiro atoms. The average Bonchev–Trinajstić information content (AvgIpc) is 3.16. The van der Waals surface area contributed by atoms with E-state index in [1.165, 1.54) is 18.6 Å². The highest BCUT2D eigenvalue weighted by atomic mass is 35.5. The van der Waals surface area contributed by atoms with Crippen LogP contribution in [0.5, 0.6) is 11.5 Å². The van der Waals surface area contributed by atoms with Gasteiger partial charge in [0, 0.05) is 30.3 Å². The summed E-state index contributed by atoms with van der Waals surface area (Å²) in [6, 6.07) is 22.3. The molecule has 0 N–H and O–H groups in total. The monoisotopic (exact) mass is 424 g/mol. The highest BCUT2D eigenvalue weighted by Gasteiger charge is 2.22. The van der Waals surface area contributed by atoms with E-state index in [2.05, 4.69) is 29.0 Å². The molecule has 1 saturated heterocycles. The van der Waals surface area contributed by atoms with E-state index >= 15 is 0 Å². The maximum Gasteiger partial charge on any atom is 0.127 e. The summed E-state index contributed by atoms with van der Waals surface area (Å²) in [4.78, 5) is 4.76. The Kier molecular flexibility index (Phi) is 6.56. The number of hydrogen-bond donors (Lipinski definition) is 0. The molecule has 5 heteroatoms. The zero-order chi connectivity index (χ0) is 20.9. The average molecular weight is 425 g/mol. The van der Waals surface area contributed by atoms with Gasteiger partial charge in [0.05, 0.1) is 0 Å². The quantitative estimate of drug-likeness (QED) is 0.447. The van der Waals surface area contributed by atoms with E-state index in [4.69, 9.17) is 16.3 Å². The molecule has 1 fully saturated rings. The molecule has 0 aliphatic carbocycles. The SMILES string of the molecule is CN1CCC(CN(Cc2ccc(F)cc2)c2ccc(Oc3ccc(Cl)cc3)cc2)C1. The Labute approximate surface area is 182 Å². The van der Waals surface area contributed by atoms with E-state index in [1.54, 1.807) is 0 Å². The molecule has 1 atom stereocenters. The summed E-state index contributed by atoms with van der Waals surface area (Å²) in [5, 5.41) is 0.687. The lowest BCUT2D eigenvalue weighted by atomic mass is 10.1. The highest BCUT2D eigenvalue weighted by Crippen LogP contribution is 2.28. The molecular formula is C25H26ClFN2O. The van der Waals surface area contributed by atoms with E-state index in [0.717, 1.165) is 48.9 Å². The number of nitrogens with zero attached hydrogens (tertiary/aromatic N) is 2. The summed E-state index contributed by atoms with van der Waals surface area (Å²) >= 11 is 5.94. The van der Waals surface area contributed by atoms with E-state index in [1.807, 2.05) is 48.5 Å². The number of hydrogen-bond acceptors (Lipinski definition) is 3. The molecule has 3 nitrogen and oxygen atoms in total. The van der Waals surface area contributed by atoms with Gasteiger partial charge in [-0.05, 0) is 92.2 Å². The van der Waals surface area contributed by atoms with Gasteiger partial charge in [-0.1, -0.05) is 23.7 Å². The van der Waals surface area contributed by atoms with Crippen LogP contribution in [-0.4, -0.2) is 31.6 Å². The maximum atomic E-state index is 13.3. The third-order valence-electron chi connectivity index (χ3n) is 5.51. The molecular weight excluding hydrogens is 399 g/mol. The van der Waals surface area contributed by atoms with Crippen LogP contribution >= 0.6 is 11.6 Å². The predicted molar refractivity (Wildman–Crippen MR) is 121 cm³/mol. The summed E-state index contributed by atoms with van der Waals surface area (Å²) in [6.07, 6.45) is 1.20. The lowest BCUT2D eigenvalue weighted by Gasteiger charge is -2.28. The molecule has 30 heavy (non-hydrogen) atoms. The summed E-state index contributed by atoms with van der Waals surface area (Å²) in [5.41, 5.74) is 2.24. The van der Waals surface area contributed by atoms with E-state index in [9.17, 15) is 4.39 Å². The lowest BCUT2D eigenvalue weighted by Crippen LogP contribution is -2.30. The minimum Gasteiger partial charge on any atom is -0.457 e. The van der Waals surface area contributed by atoms with Gasteiger partial charge in [0.2, 0.25) is 0 Å². The number of likely N-dealkylation sites (tertiary alicyclic amines) is 1. The predicted octanol–water partition coefficient (Wildman–Crippen LogP) is 6.23. The Morgan fingerprint density at radius 2 is 1.60 bits per heavy atom. The van der Waals surface area contributed by atoms with Gasteiger partial charge in [-0.2, -0.15) is 0 Å². The highest BCUT2D eigenvalue weighted by molar-refractivity contribution is 6.30. The zero-order valence-electron chi connectivity index (χ0n) is 17.1. The Morgan fingerprint density at radius 1 is 0.967 bits per heavy atom. The van der Waals surface area contributed by atoms with E-state index in [0.29, 0.717) is 10.9 Å². The van der Waals surface area contributed by atoms with Gasteiger partial charge in [-0.25, -0.2) is 4.39 Å². The first kappa shape index (κ1) is 20.7. The van der Waals surface area contributed by atoms with Crippen LogP contribution in [0.15, 0.2) is 72.8 Å². The van der Waals surface area contributed by atoms with Crippen LogP contribution in [0.2, 0.25) is 5.02 Å². The van der Waals surface area contributed by atoms with Crippen molar-refractivity contribution in [1.29, 1.82) is 0 Å². The second kappa shape index (κ2) is 9.50. The van der Waals surface area contributed by atoms with Crippen molar-refractivity contribution in [1.82, 2.24) is 4.90 Å². The van der Waals surface area contributed by atoms with Crippen molar-refractivity contribution < 1.29 is 9.13 Å². The molecule has 3 aromatic carbocycles. The van der Waals surface area contributed by atoms with Gasteiger partial charge in [0.15, 0.2) is 0 Å². The van der Waals surface area contributed by atoms with Gasteiger partial charge in [0.25, 0.3) is 0 Å². The molecule has 1 aliphatic rings. The van der Waals surface area contributed by atoms with Crippen molar-refractivity contribution in [2.75, 3.05) is 31.6 Å². The lowest BCUT2D eigenvalue weighted by molar-refractivity contribution is 0.394. The standard InChI is InChI=1S/C25H26ClFN2O/c1-28-15-14-20(16-28)18-29(17-19-2-6-22(27)7-3-19)23-8-12-25(13-9-23)30-24-10-4-21(26)5-11-24/h2-13,20H,14-18H2,1H3. The first-order valence-corrected chi connectivity index (χ1v) is 10.6. The van der Waals surface area contributed by atoms with Gasteiger partial charge < -0.3 is 14.5 Å². The van der Waals surface area contributed by atoms with Crippen LogP contribution in [0.4, 0.5) is 10.1 Å². The number of rotatable bonds is 7. The van der Waals surface area contributed by atoms with Gasteiger partial charge in [-0.3, -0.25) is 0 Å². The Bertz CT molecular complexity index is 944. The topological polar surface area (TPSA) is 15.7 Å². The summed E-state index contributed by atoms with van der Waals surface area (Å²) in [7, 11) is 2.17. The molecule has 4 rings (SSSR count). The van der Waals surface area contributed by atoms with Crippen LogP contribution < -0.4 is 9.64 Å². The summed E-state index contributed by atoms with van der Waals surface area (Å²) in [5.74, 6) is 1.96. The second-order valence-corrected chi connectivity index (χ2v) is 8.41. The molecule has 1 unspecified atom stereocenters. The van der Waals surface area contributed by atoms with Crippen LogP contribution in [0.3, 0.4) is 0 Å². The first-order chi connectivity index (χ1) is 14.5. The first-order valence-electron chi connectivity index (χ1n) is 10.3. The van der Waals surface area contributed by atoms with Crippen LogP contribution in [0.25, 0.3) is 0 Å². The number of anilines is 1. The van der Waals surface area contributed by atoms with Crippen molar-refractivity contribution in [2.24, 2.45) is 5.92 Å². The fourth-order valence-corrected chi connectivity index (χ4v) is 4.05. The van der Waals surface area contributed by atoms with Crippen molar-refractivity contribution >= 4 is 17.3 Å². The molecule has 0 saturated carbocycles. The maximum absolute atomic E-state index is 13.3. The molecule has 0 radical (unpaired) electrons. The summed E-state index contributed by atoms with van der Waals surface area (Å²) < 4.78 is 19.2. The largest absolute Gasteiger partial charge is 0.457 e. The van der Waals surface area contributed by atoms with Crippen LogP contribution in [0, 0.1) is 11.7 Å². The Morgan fingerprint density at radius 3 is 2.20 bits per heavy atom. The number of ether oxygens (including phenoxy) is 1. The number of benzene rings is 3. The molecule has 0 amide bonds. The van der Waals surface area contributed by atoms with Crippen LogP contribution in [0.1, 0.15) is 12.0 Å². The molecule has 0 aromatic heterocycles. The van der Waals surface area contributed by atoms with Crippen molar-refractivity contribution in [3.8, 4) is 11.5 Å². The Balaban J connectivity index is 1.49. The minimum absolute atomic E-state index is 0.202. The van der Waals surface area contributed by atoms with Crippen molar-refractivity contribution in [3.05, 3.63) is 89.2 Å². The fourth-order valence-electron chi connectivity index (χ4n) is 3.92. The van der Waals surface area contributed by atoms with E-state index < -0.39 is 0 Å². The van der Waals surface area contributed by atoms with Gasteiger partial charge in [0.1, 0.15) is 17.3 Å². The third kappa shape index (κ3) is 5.53. The smallest absolute Gasteiger partial charge is 0.127 e. The normalized spacial score (nSPS) is 16.6. The molecule has 3 aromatic rings. The molecule has 0 bridgehead atoms. The fraction of sp³-hybridized carbons (Fsp3) is 0.280. The third-order valence-corrected chi connectivity index (χ3v) is 5.76. The van der Waals surface area contributed by atoms with Crippen molar-refractivity contribution in [3.63, 3.8) is 0 Å². The molecule has 156 valence electrons. The molecule has 1 aliphatic heterocycles. The summed E-state index contributed by atoms with van der Waals surface area (Å²) in [6.45, 7) is 3.97. The van der Waals surface area contributed by atoms with Gasteiger partial charge in [-0.15, -0.1) is 0 Å².